The van der Waals surface area contributed by atoms with E-state index < -0.39 is 23.8 Å². The fourth-order valence-electron chi connectivity index (χ4n) is 3.54. The Kier molecular flexibility index (Phi) is 15.2. The Morgan fingerprint density at radius 3 is 2.19 bits per heavy atom. The number of ether oxygens (including phenoxy) is 2. The molecule has 11 heteroatoms. The lowest BCUT2D eigenvalue weighted by atomic mass is 10.1. The number of nitrogens with two attached hydrogens (primary N) is 2. The standard InChI is InChI=1S/C26H45N5O6/c1-26(2,3)37-25(35)29-14-8-7-11-21(27)17-31(18-22(28)12-13-23(32)33)16-15-30-24(34)36-19-20-9-5-4-6-10-20/h4-6,9-10,21-22H,7-8,11-19,27-28H2,1-3H3,(H,29,35)(H,30,34)(H,32,33). The third-order valence-corrected chi connectivity index (χ3v) is 5.29. The minimum Gasteiger partial charge on any atom is -0.481 e. The van der Waals surface area contributed by atoms with Crippen molar-refractivity contribution in [3.8, 4) is 0 Å². The number of alkyl carbamates (subject to hydrolysis) is 2. The third-order valence-electron chi connectivity index (χ3n) is 5.29. The largest absolute Gasteiger partial charge is 0.481 e. The number of amides is 2. The maximum atomic E-state index is 12.0. The van der Waals surface area contributed by atoms with E-state index >= 15 is 0 Å². The summed E-state index contributed by atoms with van der Waals surface area (Å²) in [5.41, 5.74) is 12.9. The van der Waals surface area contributed by atoms with Gasteiger partial charge in [0.15, 0.2) is 0 Å². The summed E-state index contributed by atoms with van der Waals surface area (Å²) >= 11 is 0. The summed E-state index contributed by atoms with van der Waals surface area (Å²) in [7, 11) is 0. The molecule has 0 fully saturated rings. The summed E-state index contributed by atoms with van der Waals surface area (Å²) in [6.07, 6.45) is 1.72. The lowest BCUT2D eigenvalue weighted by Crippen LogP contribution is -2.46. The molecule has 2 amide bonds. The Morgan fingerprint density at radius 2 is 1.57 bits per heavy atom. The molecule has 0 aliphatic carbocycles. The van der Waals surface area contributed by atoms with Crippen LogP contribution in [-0.2, 0) is 20.9 Å². The summed E-state index contributed by atoms with van der Waals surface area (Å²) in [6.45, 7) is 7.96. The molecule has 1 rings (SSSR count). The van der Waals surface area contributed by atoms with Gasteiger partial charge in [0.2, 0.25) is 0 Å². The molecular formula is C26H45N5O6. The molecule has 0 saturated carbocycles. The van der Waals surface area contributed by atoms with Crippen LogP contribution in [0.1, 0.15) is 58.4 Å². The van der Waals surface area contributed by atoms with Crippen LogP contribution < -0.4 is 22.1 Å². The molecule has 1 aromatic rings. The van der Waals surface area contributed by atoms with E-state index in [4.69, 9.17) is 26.0 Å². The zero-order valence-electron chi connectivity index (χ0n) is 22.4. The quantitative estimate of drug-likeness (QED) is 0.192. The van der Waals surface area contributed by atoms with Crippen molar-refractivity contribution in [1.29, 1.82) is 0 Å². The van der Waals surface area contributed by atoms with Crippen LogP contribution in [0.5, 0.6) is 0 Å². The van der Waals surface area contributed by atoms with E-state index in [9.17, 15) is 14.4 Å². The van der Waals surface area contributed by atoms with Gasteiger partial charge >= 0.3 is 18.2 Å². The van der Waals surface area contributed by atoms with Crippen LogP contribution in [0.25, 0.3) is 0 Å². The molecule has 0 radical (unpaired) electrons. The van der Waals surface area contributed by atoms with E-state index in [-0.39, 0.29) is 25.1 Å². The fraction of sp³-hybridized carbons (Fsp3) is 0.654. The van der Waals surface area contributed by atoms with Crippen LogP contribution in [-0.4, -0.2) is 78.6 Å². The van der Waals surface area contributed by atoms with Crippen LogP contribution in [0.4, 0.5) is 9.59 Å². The molecule has 0 aliphatic rings. The number of nitrogens with zero attached hydrogens (tertiary/aromatic N) is 1. The highest BCUT2D eigenvalue weighted by molar-refractivity contribution is 5.67. The molecule has 1 aromatic carbocycles. The molecule has 11 nitrogen and oxygen atoms in total. The van der Waals surface area contributed by atoms with Crippen LogP contribution in [0.2, 0.25) is 0 Å². The van der Waals surface area contributed by atoms with Crippen molar-refractivity contribution in [2.75, 3.05) is 32.7 Å². The van der Waals surface area contributed by atoms with Crippen LogP contribution in [0, 0.1) is 0 Å². The maximum Gasteiger partial charge on any atom is 0.407 e. The summed E-state index contributed by atoms with van der Waals surface area (Å²) in [6, 6.07) is 8.94. The van der Waals surface area contributed by atoms with Crippen molar-refractivity contribution in [3.05, 3.63) is 35.9 Å². The molecule has 210 valence electrons. The molecule has 2 unspecified atom stereocenters. The predicted octanol–water partition coefficient (Wildman–Crippen LogP) is 2.43. The topological polar surface area (TPSA) is 169 Å². The second kappa shape index (κ2) is 17.5. The van der Waals surface area contributed by atoms with E-state index in [2.05, 4.69) is 10.6 Å². The SMILES string of the molecule is CC(C)(C)OC(=O)NCCCCC(N)CN(CCNC(=O)OCc1ccccc1)CC(N)CCC(=O)O. The zero-order valence-corrected chi connectivity index (χ0v) is 22.4. The second-order valence-electron chi connectivity index (χ2n) is 10.1. The van der Waals surface area contributed by atoms with Gasteiger partial charge in [0.05, 0.1) is 0 Å². The summed E-state index contributed by atoms with van der Waals surface area (Å²) in [5.74, 6) is -0.887. The fourth-order valence-corrected chi connectivity index (χ4v) is 3.54. The van der Waals surface area contributed by atoms with E-state index in [1.54, 1.807) is 0 Å². The number of benzene rings is 1. The Morgan fingerprint density at radius 1 is 0.946 bits per heavy atom. The normalized spacial score (nSPS) is 13.0. The first-order valence-electron chi connectivity index (χ1n) is 12.8. The monoisotopic (exact) mass is 523 g/mol. The number of aliphatic carboxylic acids is 1. The number of carbonyl (C=O) groups is 3. The van der Waals surface area contributed by atoms with Gasteiger partial charge in [-0.3, -0.25) is 9.69 Å². The first-order chi connectivity index (χ1) is 17.4. The number of rotatable bonds is 17. The molecule has 7 N–H and O–H groups in total. The van der Waals surface area contributed by atoms with Crippen LogP contribution >= 0.6 is 0 Å². The third kappa shape index (κ3) is 18.1. The minimum absolute atomic E-state index is 0.00420. The van der Waals surface area contributed by atoms with Gasteiger partial charge in [-0.1, -0.05) is 36.8 Å². The van der Waals surface area contributed by atoms with Crippen molar-refractivity contribution in [3.63, 3.8) is 0 Å². The lowest BCUT2D eigenvalue weighted by Gasteiger charge is -2.28. The van der Waals surface area contributed by atoms with Crippen LogP contribution in [0.3, 0.4) is 0 Å². The molecule has 37 heavy (non-hydrogen) atoms. The molecule has 0 heterocycles. The van der Waals surface area contributed by atoms with Crippen molar-refractivity contribution < 1.29 is 29.0 Å². The maximum absolute atomic E-state index is 12.0. The van der Waals surface area contributed by atoms with Gasteiger partial charge in [-0.2, -0.15) is 0 Å². The Hall–Kier alpha value is -2.89. The Labute approximate surface area is 220 Å². The van der Waals surface area contributed by atoms with E-state index in [0.717, 1.165) is 24.8 Å². The van der Waals surface area contributed by atoms with Crippen molar-refractivity contribution >= 4 is 18.2 Å². The average molecular weight is 524 g/mol. The molecule has 0 saturated heterocycles. The highest BCUT2D eigenvalue weighted by Gasteiger charge is 2.17. The minimum atomic E-state index is -0.887. The molecule has 0 aromatic heterocycles. The molecule has 0 aliphatic heterocycles. The second-order valence-corrected chi connectivity index (χ2v) is 10.1. The zero-order chi connectivity index (χ0) is 27.7. The first kappa shape index (κ1) is 32.1. The Balaban J connectivity index is 2.41. The number of unbranched alkanes of at least 4 members (excludes halogenated alkanes) is 1. The van der Waals surface area contributed by atoms with Gasteiger partial charge < -0.3 is 36.7 Å². The number of hydrogen-bond donors (Lipinski definition) is 5. The average Bonchev–Trinajstić information content (AvgIpc) is 2.80. The highest BCUT2D eigenvalue weighted by Crippen LogP contribution is 2.07. The predicted molar refractivity (Wildman–Crippen MR) is 142 cm³/mol. The van der Waals surface area contributed by atoms with Crippen molar-refractivity contribution in [2.24, 2.45) is 11.5 Å². The number of carboxylic acids is 1. The molecule has 0 bridgehead atoms. The van der Waals surface area contributed by atoms with Crippen molar-refractivity contribution in [2.45, 2.75) is 77.2 Å². The van der Waals surface area contributed by atoms with Gasteiger partial charge in [0.1, 0.15) is 12.2 Å². The van der Waals surface area contributed by atoms with E-state index in [0.29, 0.717) is 39.1 Å². The summed E-state index contributed by atoms with van der Waals surface area (Å²) < 4.78 is 10.4. The smallest absolute Gasteiger partial charge is 0.407 e. The van der Waals surface area contributed by atoms with Gasteiger partial charge in [0, 0.05) is 51.2 Å². The van der Waals surface area contributed by atoms with Gasteiger partial charge in [-0.25, -0.2) is 9.59 Å². The summed E-state index contributed by atoms with van der Waals surface area (Å²) in [4.78, 5) is 36.7. The van der Waals surface area contributed by atoms with E-state index in [1.165, 1.54) is 0 Å². The van der Waals surface area contributed by atoms with Gasteiger partial charge in [0.25, 0.3) is 0 Å². The number of nitrogens with one attached hydrogen (secondary N) is 2. The number of carboxylic acid groups (broad SMARTS) is 1. The van der Waals surface area contributed by atoms with Crippen LogP contribution in [0.15, 0.2) is 30.3 Å². The number of carbonyl (C=O) groups excluding carboxylic acids is 2. The Bertz CT molecular complexity index is 802. The molecular weight excluding hydrogens is 478 g/mol. The van der Waals surface area contributed by atoms with Gasteiger partial charge in [-0.15, -0.1) is 0 Å². The molecule has 0 spiro atoms. The van der Waals surface area contributed by atoms with E-state index in [1.807, 2.05) is 56.0 Å². The lowest BCUT2D eigenvalue weighted by molar-refractivity contribution is -0.137. The van der Waals surface area contributed by atoms with Gasteiger partial charge in [-0.05, 0) is 45.6 Å². The molecule has 2 atom stereocenters. The highest BCUT2D eigenvalue weighted by atomic mass is 16.6. The van der Waals surface area contributed by atoms with Crippen molar-refractivity contribution in [1.82, 2.24) is 15.5 Å². The number of hydrogen-bond acceptors (Lipinski definition) is 8. The summed E-state index contributed by atoms with van der Waals surface area (Å²) in [5, 5.41) is 14.4. The first-order valence-corrected chi connectivity index (χ1v) is 12.8.